The van der Waals surface area contributed by atoms with Crippen molar-refractivity contribution in [3.63, 3.8) is 0 Å². The van der Waals surface area contributed by atoms with E-state index in [0.29, 0.717) is 5.41 Å². The molecule has 0 heteroatoms. The fourth-order valence-corrected chi connectivity index (χ4v) is 3.18. The zero-order valence-electron chi connectivity index (χ0n) is 7.35. The minimum Gasteiger partial charge on any atom is -0.0622 e. The first-order valence-electron chi connectivity index (χ1n) is 4.62. The van der Waals surface area contributed by atoms with E-state index >= 15 is 0 Å². The largest absolute Gasteiger partial charge is 0.0622 e. The van der Waals surface area contributed by atoms with Gasteiger partial charge >= 0.3 is 0 Å². The lowest BCUT2D eigenvalue weighted by molar-refractivity contribution is -0.0988. The molecule has 3 aliphatic carbocycles. The summed E-state index contributed by atoms with van der Waals surface area (Å²) < 4.78 is 0. The lowest BCUT2D eigenvalue weighted by Gasteiger charge is -2.59. The van der Waals surface area contributed by atoms with E-state index in [-0.39, 0.29) is 0 Å². The van der Waals surface area contributed by atoms with Crippen LogP contribution in [-0.4, -0.2) is 0 Å². The van der Waals surface area contributed by atoms with Gasteiger partial charge in [0.2, 0.25) is 0 Å². The summed E-state index contributed by atoms with van der Waals surface area (Å²) >= 11 is 0. The van der Waals surface area contributed by atoms with Gasteiger partial charge in [-0.25, -0.2) is 0 Å². The molecule has 0 aromatic rings. The first kappa shape index (κ1) is 6.69. The molecule has 0 radical (unpaired) electrons. The zero-order valence-corrected chi connectivity index (χ0v) is 7.35. The molecular weight excluding hydrogens is 120 g/mol. The molecular formula is C10H18. The van der Waals surface area contributed by atoms with Crippen LogP contribution in [0.25, 0.3) is 0 Å². The van der Waals surface area contributed by atoms with Crippen molar-refractivity contribution in [2.45, 2.75) is 40.0 Å². The molecule has 0 N–H and O–H groups in total. The quantitative estimate of drug-likeness (QED) is 0.482. The summed E-state index contributed by atoms with van der Waals surface area (Å²) in [6, 6.07) is 0. The highest BCUT2D eigenvalue weighted by Crippen LogP contribution is 2.61. The summed E-state index contributed by atoms with van der Waals surface area (Å²) in [6.45, 7) is 7.35. The number of hydrogen-bond donors (Lipinski definition) is 0. The summed E-state index contributed by atoms with van der Waals surface area (Å²) in [5.41, 5.74) is 0.706. The molecule has 3 fully saturated rings. The Balaban J connectivity index is 2.16. The number of hydrogen-bond acceptors (Lipinski definition) is 0. The van der Waals surface area contributed by atoms with Crippen molar-refractivity contribution in [2.75, 3.05) is 0 Å². The maximum absolute atomic E-state index is 2.46. The normalized spacial score (nSPS) is 50.1. The molecule has 3 atom stereocenters. The van der Waals surface area contributed by atoms with Crippen LogP contribution in [0.2, 0.25) is 0 Å². The third kappa shape index (κ3) is 0.627. The second-order valence-electron chi connectivity index (χ2n) is 4.92. The molecule has 2 bridgehead atoms. The molecule has 3 saturated carbocycles. The van der Waals surface area contributed by atoms with E-state index in [9.17, 15) is 0 Å². The monoisotopic (exact) mass is 138 g/mol. The van der Waals surface area contributed by atoms with E-state index in [2.05, 4.69) is 20.8 Å². The van der Waals surface area contributed by atoms with Gasteiger partial charge in [-0.2, -0.15) is 0 Å². The third-order valence-electron chi connectivity index (χ3n) is 4.20. The molecule has 58 valence electrons. The van der Waals surface area contributed by atoms with Crippen molar-refractivity contribution in [1.82, 2.24) is 0 Å². The van der Waals surface area contributed by atoms with E-state index < -0.39 is 0 Å². The van der Waals surface area contributed by atoms with Gasteiger partial charge in [-0.15, -0.1) is 0 Å². The van der Waals surface area contributed by atoms with Crippen LogP contribution in [0, 0.1) is 23.2 Å². The first-order chi connectivity index (χ1) is 4.62. The van der Waals surface area contributed by atoms with Crippen molar-refractivity contribution < 1.29 is 0 Å². The van der Waals surface area contributed by atoms with Gasteiger partial charge in [-0.3, -0.25) is 0 Å². The first-order valence-corrected chi connectivity index (χ1v) is 4.62. The van der Waals surface area contributed by atoms with Gasteiger partial charge in [0.25, 0.3) is 0 Å². The van der Waals surface area contributed by atoms with E-state index in [0.717, 1.165) is 17.8 Å². The van der Waals surface area contributed by atoms with Crippen LogP contribution in [0.3, 0.4) is 0 Å². The standard InChI is InChI=1S/C10H18/c1-7-4-5-8-6-9(7)10(8,2)3/h7-9H,4-6H2,1-3H3/t7-,8-,9+/m0/s1. The molecule has 3 rings (SSSR count). The Bertz CT molecular complexity index is 144. The fraction of sp³-hybridized carbons (Fsp3) is 1.00. The van der Waals surface area contributed by atoms with Gasteiger partial charge in [0, 0.05) is 0 Å². The number of rotatable bonds is 0. The third-order valence-corrected chi connectivity index (χ3v) is 4.20. The molecule has 0 nitrogen and oxygen atoms in total. The molecule has 0 unspecified atom stereocenters. The molecule has 0 spiro atoms. The van der Waals surface area contributed by atoms with Gasteiger partial charge in [0.15, 0.2) is 0 Å². The van der Waals surface area contributed by atoms with Crippen LogP contribution in [0.4, 0.5) is 0 Å². The van der Waals surface area contributed by atoms with Crippen LogP contribution in [0.15, 0.2) is 0 Å². The Hall–Kier alpha value is 0. The van der Waals surface area contributed by atoms with Gasteiger partial charge in [0.1, 0.15) is 0 Å². The average molecular weight is 138 g/mol. The fourth-order valence-electron chi connectivity index (χ4n) is 3.18. The van der Waals surface area contributed by atoms with Gasteiger partial charge in [-0.1, -0.05) is 27.2 Å². The summed E-state index contributed by atoms with van der Waals surface area (Å²) in [4.78, 5) is 0. The Morgan fingerprint density at radius 3 is 2.20 bits per heavy atom. The number of fused-ring (bicyclic) bond motifs is 2. The average Bonchev–Trinajstić information content (AvgIpc) is 1.87. The summed E-state index contributed by atoms with van der Waals surface area (Å²) in [6.07, 6.45) is 4.54. The molecule has 10 heavy (non-hydrogen) atoms. The van der Waals surface area contributed by atoms with E-state index in [1.54, 1.807) is 0 Å². The van der Waals surface area contributed by atoms with E-state index in [1.807, 2.05) is 0 Å². The van der Waals surface area contributed by atoms with Crippen LogP contribution in [0.1, 0.15) is 40.0 Å². The van der Waals surface area contributed by atoms with Crippen molar-refractivity contribution in [2.24, 2.45) is 23.2 Å². The van der Waals surface area contributed by atoms with Crippen molar-refractivity contribution in [3.8, 4) is 0 Å². The molecule has 0 amide bonds. The maximum atomic E-state index is 2.46. The molecule has 0 aromatic heterocycles. The van der Waals surface area contributed by atoms with E-state index in [4.69, 9.17) is 0 Å². The molecule has 3 aliphatic rings. The minimum atomic E-state index is 0.706. The van der Waals surface area contributed by atoms with Crippen LogP contribution >= 0.6 is 0 Å². The Morgan fingerprint density at radius 2 is 1.90 bits per heavy atom. The van der Waals surface area contributed by atoms with Crippen LogP contribution in [0.5, 0.6) is 0 Å². The predicted octanol–water partition coefficient (Wildman–Crippen LogP) is 3.08. The highest BCUT2D eigenvalue weighted by atomic mass is 14.6. The second-order valence-corrected chi connectivity index (χ2v) is 4.92. The van der Waals surface area contributed by atoms with Crippen LogP contribution < -0.4 is 0 Å². The second kappa shape index (κ2) is 1.78. The van der Waals surface area contributed by atoms with Crippen molar-refractivity contribution in [3.05, 3.63) is 0 Å². The molecule has 0 aromatic carbocycles. The van der Waals surface area contributed by atoms with Crippen LogP contribution in [-0.2, 0) is 0 Å². The summed E-state index contributed by atoms with van der Waals surface area (Å²) in [5.74, 6) is 3.15. The van der Waals surface area contributed by atoms with Crippen molar-refractivity contribution >= 4 is 0 Å². The highest BCUT2D eigenvalue weighted by molar-refractivity contribution is 5.01. The van der Waals surface area contributed by atoms with Gasteiger partial charge in [0.05, 0.1) is 0 Å². The Morgan fingerprint density at radius 1 is 1.20 bits per heavy atom. The minimum absolute atomic E-state index is 0.706. The predicted molar refractivity (Wildman–Crippen MR) is 43.8 cm³/mol. The zero-order chi connectivity index (χ0) is 7.35. The lowest BCUT2D eigenvalue weighted by atomic mass is 9.46. The van der Waals surface area contributed by atoms with Gasteiger partial charge in [-0.05, 0) is 36.0 Å². The molecule has 0 aliphatic heterocycles. The summed E-state index contributed by atoms with van der Waals surface area (Å²) in [5, 5.41) is 0. The van der Waals surface area contributed by atoms with E-state index in [1.165, 1.54) is 19.3 Å². The van der Waals surface area contributed by atoms with Gasteiger partial charge < -0.3 is 0 Å². The smallest absolute Gasteiger partial charge is 0.0295 e. The molecule has 0 heterocycles. The topological polar surface area (TPSA) is 0 Å². The van der Waals surface area contributed by atoms with Crippen molar-refractivity contribution in [1.29, 1.82) is 0 Å². The Kier molecular flexibility index (Phi) is 1.19. The Labute approximate surface area is 64.0 Å². The maximum Gasteiger partial charge on any atom is -0.0295 e. The SMILES string of the molecule is C[C@H]1CC[C@H]2C[C@H]1C2(C)C. The lowest BCUT2D eigenvalue weighted by Crippen LogP contribution is -2.51. The highest BCUT2D eigenvalue weighted by Gasteiger charge is 2.52. The molecule has 0 saturated heterocycles. The summed E-state index contributed by atoms with van der Waals surface area (Å²) in [7, 11) is 0.